The number of nitrogens with zero attached hydrogens (tertiary/aromatic N) is 1. The molecule has 1 heterocycles. The Balaban J connectivity index is 1.97. The van der Waals surface area contributed by atoms with Crippen LogP contribution in [0.1, 0.15) is 19.8 Å². The summed E-state index contributed by atoms with van der Waals surface area (Å²) in [6.45, 7) is 8.24. The first kappa shape index (κ1) is 11.0. The van der Waals surface area contributed by atoms with Crippen LogP contribution in [0.5, 0.6) is 0 Å². The van der Waals surface area contributed by atoms with Gasteiger partial charge in [-0.2, -0.15) is 0 Å². The van der Waals surface area contributed by atoms with Crippen molar-refractivity contribution in [3.05, 3.63) is 0 Å². The minimum Gasteiger partial charge on any atom is -0.382 e. The zero-order valence-corrected chi connectivity index (χ0v) is 8.67. The average Bonchev–Trinajstić information content (AvgIpc) is 2.60. The molecule has 2 N–H and O–H groups in total. The summed E-state index contributed by atoms with van der Waals surface area (Å²) in [6, 6.07) is 0. The van der Waals surface area contributed by atoms with Crippen LogP contribution >= 0.6 is 0 Å². The van der Waals surface area contributed by atoms with E-state index in [1.54, 1.807) is 0 Å². The molecule has 0 aliphatic carbocycles. The molecule has 0 saturated carbocycles. The summed E-state index contributed by atoms with van der Waals surface area (Å²) >= 11 is 0. The van der Waals surface area contributed by atoms with E-state index >= 15 is 0 Å². The molecule has 0 spiro atoms. The lowest BCUT2D eigenvalue weighted by atomic mass is 10.1. The van der Waals surface area contributed by atoms with Crippen molar-refractivity contribution in [3.8, 4) is 0 Å². The molecule has 78 valence electrons. The molecule has 1 fully saturated rings. The molecule has 1 aliphatic heterocycles. The third-order valence-corrected chi connectivity index (χ3v) is 2.67. The van der Waals surface area contributed by atoms with Crippen LogP contribution in [0.3, 0.4) is 0 Å². The van der Waals surface area contributed by atoms with Crippen molar-refractivity contribution >= 4 is 0 Å². The molecule has 3 heteroatoms. The molecule has 1 unspecified atom stereocenters. The molecule has 0 amide bonds. The summed E-state index contributed by atoms with van der Waals surface area (Å²) in [5.74, 6) is 0.743. The molecule has 1 saturated heterocycles. The molecule has 1 atom stereocenters. The standard InChI is InChI=1S/C10H22N2O/c1-2-13-7-3-5-12-6-4-10(8-11)9-12/h10H,2-9,11H2,1H3. The molecule has 13 heavy (non-hydrogen) atoms. The van der Waals surface area contributed by atoms with Gasteiger partial charge in [0, 0.05) is 26.3 Å². The first-order valence-electron chi connectivity index (χ1n) is 5.37. The van der Waals surface area contributed by atoms with E-state index in [0.29, 0.717) is 0 Å². The molecular weight excluding hydrogens is 164 g/mol. The van der Waals surface area contributed by atoms with Crippen LogP contribution in [0.25, 0.3) is 0 Å². The van der Waals surface area contributed by atoms with Crippen LogP contribution in [0.2, 0.25) is 0 Å². The predicted molar refractivity (Wildman–Crippen MR) is 54.7 cm³/mol. The SMILES string of the molecule is CCOCCCN1CCC(CN)C1. The minimum absolute atomic E-state index is 0.743. The summed E-state index contributed by atoms with van der Waals surface area (Å²) in [5, 5.41) is 0. The van der Waals surface area contributed by atoms with Crippen LogP contribution in [-0.2, 0) is 4.74 Å². The number of nitrogens with two attached hydrogens (primary N) is 1. The molecular formula is C10H22N2O. The Labute approximate surface area is 81.2 Å². The van der Waals surface area contributed by atoms with Crippen LogP contribution in [0, 0.1) is 5.92 Å². The van der Waals surface area contributed by atoms with Gasteiger partial charge in [0.1, 0.15) is 0 Å². The highest BCUT2D eigenvalue weighted by molar-refractivity contribution is 4.75. The summed E-state index contributed by atoms with van der Waals surface area (Å²) < 4.78 is 5.30. The maximum absolute atomic E-state index is 5.62. The van der Waals surface area contributed by atoms with Gasteiger partial charge in [0.15, 0.2) is 0 Å². The molecule has 3 nitrogen and oxygen atoms in total. The Morgan fingerprint density at radius 3 is 3.00 bits per heavy atom. The molecule has 0 radical (unpaired) electrons. The smallest absolute Gasteiger partial charge is 0.0478 e. The second-order valence-corrected chi connectivity index (χ2v) is 3.74. The van der Waals surface area contributed by atoms with E-state index in [0.717, 1.165) is 32.1 Å². The minimum atomic E-state index is 0.743. The molecule has 1 aliphatic rings. The van der Waals surface area contributed by atoms with E-state index in [4.69, 9.17) is 10.5 Å². The molecule has 0 aromatic heterocycles. The second-order valence-electron chi connectivity index (χ2n) is 3.74. The number of hydrogen-bond donors (Lipinski definition) is 1. The lowest BCUT2D eigenvalue weighted by Crippen LogP contribution is -2.24. The van der Waals surface area contributed by atoms with Gasteiger partial charge in [-0.3, -0.25) is 0 Å². The molecule has 1 rings (SSSR count). The van der Waals surface area contributed by atoms with Crippen molar-refractivity contribution in [2.24, 2.45) is 11.7 Å². The van der Waals surface area contributed by atoms with E-state index in [1.807, 2.05) is 6.92 Å². The van der Waals surface area contributed by atoms with Crippen molar-refractivity contribution in [1.29, 1.82) is 0 Å². The van der Waals surface area contributed by atoms with E-state index in [9.17, 15) is 0 Å². The van der Waals surface area contributed by atoms with Crippen molar-refractivity contribution in [1.82, 2.24) is 4.90 Å². The van der Waals surface area contributed by atoms with Gasteiger partial charge in [-0.15, -0.1) is 0 Å². The maximum Gasteiger partial charge on any atom is 0.0478 e. The van der Waals surface area contributed by atoms with Crippen molar-refractivity contribution in [2.75, 3.05) is 39.4 Å². The number of ether oxygens (including phenoxy) is 1. The number of hydrogen-bond acceptors (Lipinski definition) is 3. The summed E-state index contributed by atoms with van der Waals surface area (Å²) in [4.78, 5) is 2.50. The number of rotatable bonds is 6. The number of likely N-dealkylation sites (tertiary alicyclic amines) is 1. The van der Waals surface area contributed by atoms with E-state index in [-0.39, 0.29) is 0 Å². The van der Waals surface area contributed by atoms with Gasteiger partial charge < -0.3 is 15.4 Å². The van der Waals surface area contributed by atoms with Crippen LogP contribution in [0.15, 0.2) is 0 Å². The highest BCUT2D eigenvalue weighted by Gasteiger charge is 2.19. The Morgan fingerprint density at radius 2 is 2.38 bits per heavy atom. The maximum atomic E-state index is 5.62. The van der Waals surface area contributed by atoms with Gasteiger partial charge in [-0.05, 0) is 38.8 Å². The Morgan fingerprint density at radius 1 is 1.54 bits per heavy atom. The fourth-order valence-electron chi connectivity index (χ4n) is 1.84. The lowest BCUT2D eigenvalue weighted by Gasteiger charge is -2.14. The highest BCUT2D eigenvalue weighted by atomic mass is 16.5. The largest absolute Gasteiger partial charge is 0.382 e. The predicted octanol–water partition coefficient (Wildman–Crippen LogP) is 0.694. The average molecular weight is 186 g/mol. The topological polar surface area (TPSA) is 38.5 Å². The van der Waals surface area contributed by atoms with Gasteiger partial charge in [-0.1, -0.05) is 0 Å². The fraction of sp³-hybridized carbons (Fsp3) is 1.00. The normalized spacial score (nSPS) is 24.0. The highest BCUT2D eigenvalue weighted by Crippen LogP contribution is 2.14. The Kier molecular flexibility index (Phi) is 5.35. The van der Waals surface area contributed by atoms with Crippen LogP contribution < -0.4 is 5.73 Å². The van der Waals surface area contributed by atoms with Crippen molar-refractivity contribution in [2.45, 2.75) is 19.8 Å². The lowest BCUT2D eigenvalue weighted by molar-refractivity contribution is 0.135. The van der Waals surface area contributed by atoms with Gasteiger partial charge in [0.2, 0.25) is 0 Å². The van der Waals surface area contributed by atoms with Gasteiger partial charge in [0.05, 0.1) is 0 Å². The zero-order valence-electron chi connectivity index (χ0n) is 8.67. The summed E-state index contributed by atoms with van der Waals surface area (Å²) in [5.41, 5.74) is 5.62. The molecule has 0 bridgehead atoms. The van der Waals surface area contributed by atoms with Gasteiger partial charge in [0.25, 0.3) is 0 Å². The Hall–Kier alpha value is -0.120. The molecule has 0 aromatic rings. The zero-order chi connectivity index (χ0) is 9.52. The van der Waals surface area contributed by atoms with Gasteiger partial charge >= 0.3 is 0 Å². The fourth-order valence-corrected chi connectivity index (χ4v) is 1.84. The van der Waals surface area contributed by atoms with Crippen LogP contribution in [-0.4, -0.2) is 44.3 Å². The van der Waals surface area contributed by atoms with Crippen molar-refractivity contribution in [3.63, 3.8) is 0 Å². The van der Waals surface area contributed by atoms with Crippen LogP contribution in [0.4, 0.5) is 0 Å². The second kappa shape index (κ2) is 6.35. The van der Waals surface area contributed by atoms with Crippen molar-refractivity contribution < 1.29 is 4.74 Å². The third kappa shape index (κ3) is 4.07. The summed E-state index contributed by atoms with van der Waals surface area (Å²) in [7, 11) is 0. The molecule has 0 aromatic carbocycles. The first-order valence-corrected chi connectivity index (χ1v) is 5.37. The van der Waals surface area contributed by atoms with E-state index < -0.39 is 0 Å². The Bertz CT molecular complexity index is 130. The third-order valence-electron chi connectivity index (χ3n) is 2.67. The van der Waals surface area contributed by atoms with E-state index in [1.165, 1.54) is 26.1 Å². The quantitative estimate of drug-likeness (QED) is 0.620. The summed E-state index contributed by atoms with van der Waals surface area (Å²) in [6.07, 6.45) is 2.44. The van der Waals surface area contributed by atoms with Gasteiger partial charge in [-0.25, -0.2) is 0 Å². The first-order chi connectivity index (χ1) is 6.36. The monoisotopic (exact) mass is 186 g/mol. The van der Waals surface area contributed by atoms with E-state index in [2.05, 4.69) is 4.90 Å².